The van der Waals surface area contributed by atoms with E-state index in [4.69, 9.17) is 9.47 Å². The van der Waals surface area contributed by atoms with Crippen LogP contribution in [0.3, 0.4) is 0 Å². The molecule has 2 aromatic carbocycles. The van der Waals surface area contributed by atoms with Crippen LogP contribution in [0.1, 0.15) is 22.3 Å². The van der Waals surface area contributed by atoms with E-state index < -0.39 is 0 Å². The smallest absolute Gasteiger partial charge is 0.230 e. The third kappa shape index (κ3) is 4.75. The van der Waals surface area contributed by atoms with Gasteiger partial charge in [-0.15, -0.1) is 10.2 Å². The standard InChI is InChI=1S/C25H28N4O3S/c1-15-10-17(3)24-19(11-15)16(2)12-22-27-28-25(29(22)24)33-14-23(30)26-9-8-18-6-7-20(31-4)21(13-18)32-5/h6-7,10-13H,8-9,14H2,1-5H3,(H,26,30). The molecular formula is C25H28N4O3S. The highest BCUT2D eigenvalue weighted by Gasteiger charge is 2.15. The Hall–Kier alpha value is -3.26. The van der Waals surface area contributed by atoms with Crippen molar-refractivity contribution in [3.05, 3.63) is 58.7 Å². The maximum absolute atomic E-state index is 12.5. The van der Waals surface area contributed by atoms with Crippen LogP contribution in [-0.2, 0) is 11.2 Å². The van der Waals surface area contributed by atoms with Crippen LogP contribution in [0, 0.1) is 20.8 Å². The maximum Gasteiger partial charge on any atom is 0.230 e. The summed E-state index contributed by atoms with van der Waals surface area (Å²) in [4.78, 5) is 12.5. The summed E-state index contributed by atoms with van der Waals surface area (Å²) < 4.78 is 12.7. The summed E-state index contributed by atoms with van der Waals surface area (Å²) in [6, 6.07) is 12.2. The molecule has 0 spiro atoms. The summed E-state index contributed by atoms with van der Waals surface area (Å²) in [6.07, 6.45) is 0.701. The quantitative estimate of drug-likeness (QED) is 0.392. The number of aryl methyl sites for hydroxylation is 3. The van der Waals surface area contributed by atoms with Crippen LogP contribution < -0.4 is 14.8 Å². The highest BCUT2D eigenvalue weighted by Crippen LogP contribution is 2.29. The number of amides is 1. The fourth-order valence-corrected chi connectivity index (χ4v) is 4.85. The van der Waals surface area contributed by atoms with Crippen LogP contribution in [0.5, 0.6) is 11.5 Å². The number of hydrogen-bond donors (Lipinski definition) is 1. The van der Waals surface area contributed by atoms with Gasteiger partial charge in [-0.1, -0.05) is 29.5 Å². The predicted octanol–water partition coefficient (Wildman–Crippen LogP) is 4.28. The summed E-state index contributed by atoms with van der Waals surface area (Å²) in [5.41, 5.74) is 6.51. The van der Waals surface area contributed by atoms with Crippen LogP contribution in [0.25, 0.3) is 16.6 Å². The number of carbonyl (C=O) groups excluding carboxylic acids is 1. The van der Waals surface area contributed by atoms with Gasteiger partial charge in [-0.3, -0.25) is 9.20 Å². The van der Waals surface area contributed by atoms with E-state index in [2.05, 4.69) is 52.8 Å². The van der Waals surface area contributed by atoms with Crippen molar-refractivity contribution in [1.29, 1.82) is 0 Å². The molecule has 1 N–H and O–H groups in total. The molecule has 0 atom stereocenters. The molecule has 4 rings (SSSR count). The molecular weight excluding hydrogens is 436 g/mol. The Morgan fingerprint density at radius 1 is 1.00 bits per heavy atom. The topological polar surface area (TPSA) is 77.8 Å². The lowest BCUT2D eigenvalue weighted by Crippen LogP contribution is -2.27. The fourth-order valence-electron chi connectivity index (χ4n) is 4.07. The molecule has 0 radical (unpaired) electrons. The Balaban J connectivity index is 1.43. The number of aromatic nitrogens is 3. The van der Waals surface area contributed by atoms with E-state index in [1.54, 1.807) is 14.2 Å². The molecule has 2 heterocycles. The second kappa shape index (κ2) is 9.70. The van der Waals surface area contributed by atoms with Gasteiger partial charge in [0.1, 0.15) is 0 Å². The zero-order valence-corrected chi connectivity index (χ0v) is 20.4. The first-order valence-electron chi connectivity index (χ1n) is 10.8. The van der Waals surface area contributed by atoms with Gasteiger partial charge < -0.3 is 14.8 Å². The summed E-state index contributed by atoms with van der Waals surface area (Å²) >= 11 is 1.40. The lowest BCUT2D eigenvalue weighted by atomic mass is 10.0. The van der Waals surface area contributed by atoms with Crippen LogP contribution >= 0.6 is 11.8 Å². The van der Waals surface area contributed by atoms with Gasteiger partial charge in [0.15, 0.2) is 22.3 Å². The number of methoxy groups -OCH3 is 2. The van der Waals surface area contributed by atoms with Crippen LogP contribution in [0.15, 0.2) is 41.6 Å². The van der Waals surface area contributed by atoms with Crippen LogP contribution in [0.2, 0.25) is 0 Å². The average molecular weight is 465 g/mol. The van der Waals surface area contributed by atoms with E-state index in [0.717, 1.165) is 21.9 Å². The number of ether oxygens (including phenoxy) is 2. The van der Waals surface area contributed by atoms with Crippen LogP contribution in [-0.4, -0.2) is 47.0 Å². The molecule has 33 heavy (non-hydrogen) atoms. The first-order chi connectivity index (χ1) is 15.9. The molecule has 0 aliphatic rings. The Labute approximate surface area is 197 Å². The second-order valence-corrected chi connectivity index (χ2v) is 9.00. The van der Waals surface area contributed by atoms with E-state index in [9.17, 15) is 4.79 Å². The number of thioether (sulfide) groups is 1. The molecule has 0 unspecified atom stereocenters. The van der Waals surface area contributed by atoms with E-state index in [-0.39, 0.29) is 11.7 Å². The average Bonchev–Trinajstić information content (AvgIpc) is 3.19. The molecule has 4 aromatic rings. The largest absolute Gasteiger partial charge is 0.493 e. The minimum Gasteiger partial charge on any atom is -0.493 e. The number of carbonyl (C=O) groups is 1. The normalized spacial score (nSPS) is 11.2. The Kier molecular flexibility index (Phi) is 6.74. The SMILES string of the molecule is COc1ccc(CCNC(=O)CSc2nnc3cc(C)c4cc(C)cc(C)c4n23)cc1OC. The van der Waals surface area contributed by atoms with Crippen molar-refractivity contribution in [1.82, 2.24) is 19.9 Å². The highest BCUT2D eigenvalue weighted by molar-refractivity contribution is 7.99. The molecule has 7 nitrogen and oxygen atoms in total. The molecule has 0 aliphatic heterocycles. The number of nitrogens with one attached hydrogen (secondary N) is 1. The fraction of sp³-hybridized carbons (Fsp3) is 0.320. The maximum atomic E-state index is 12.5. The van der Waals surface area contributed by atoms with E-state index in [1.807, 2.05) is 24.3 Å². The third-order valence-corrected chi connectivity index (χ3v) is 6.54. The van der Waals surface area contributed by atoms with Gasteiger partial charge in [0, 0.05) is 11.9 Å². The summed E-state index contributed by atoms with van der Waals surface area (Å²) in [7, 11) is 3.22. The summed E-state index contributed by atoms with van der Waals surface area (Å²) in [6.45, 7) is 6.83. The minimum absolute atomic E-state index is 0.0405. The Bertz CT molecular complexity index is 1330. The molecule has 0 fully saturated rings. The second-order valence-electron chi connectivity index (χ2n) is 8.06. The lowest BCUT2D eigenvalue weighted by Gasteiger charge is -2.11. The molecule has 0 saturated heterocycles. The van der Waals surface area contributed by atoms with Crippen molar-refractivity contribution in [2.75, 3.05) is 26.5 Å². The highest BCUT2D eigenvalue weighted by atomic mass is 32.2. The van der Waals surface area contributed by atoms with Gasteiger partial charge in [-0.2, -0.15) is 0 Å². The molecule has 0 saturated carbocycles. The number of hydrogen-bond acceptors (Lipinski definition) is 6. The molecule has 8 heteroatoms. The van der Waals surface area contributed by atoms with Gasteiger partial charge >= 0.3 is 0 Å². The Morgan fingerprint density at radius 2 is 1.79 bits per heavy atom. The number of nitrogens with zero attached hydrogens (tertiary/aromatic N) is 3. The van der Waals surface area contributed by atoms with Crippen molar-refractivity contribution in [3.63, 3.8) is 0 Å². The van der Waals surface area contributed by atoms with Crippen LogP contribution in [0.4, 0.5) is 0 Å². The molecule has 1 amide bonds. The number of pyridine rings is 1. The number of rotatable bonds is 8. The molecule has 0 aliphatic carbocycles. The summed E-state index contributed by atoms with van der Waals surface area (Å²) in [5.74, 6) is 1.60. The third-order valence-electron chi connectivity index (χ3n) is 5.61. The monoisotopic (exact) mass is 464 g/mol. The van der Waals surface area contributed by atoms with Gasteiger partial charge in [-0.25, -0.2) is 0 Å². The van der Waals surface area contributed by atoms with Gasteiger partial charge in [-0.05, 0) is 68.1 Å². The van der Waals surface area contributed by atoms with Gasteiger partial charge in [0.25, 0.3) is 0 Å². The van der Waals surface area contributed by atoms with Crippen molar-refractivity contribution in [3.8, 4) is 11.5 Å². The Morgan fingerprint density at radius 3 is 2.55 bits per heavy atom. The van der Waals surface area contributed by atoms with E-state index >= 15 is 0 Å². The first kappa shape index (κ1) is 22.9. The number of fused-ring (bicyclic) bond motifs is 3. The molecule has 2 aromatic heterocycles. The van der Waals surface area contributed by atoms with Gasteiger partial charge in [0.2, 0.25) is 5.91 Å². The zero-order chi connectivity index (χ0) is 23.5. The molecule has 0 bridgehead atoms. The zero-order valence-electron chi connectivity index (χ0n) is 19.6. The van der Waals surface area contributed by atoms with Crippen molar-refractivity contribution >= 4 is 34.2 Å². The molecule has 172 valence electrons. The van der Waals surface area contributed by atoms with E-state index in [0.29, 0.717) is 24.5 Å². The van der Waals surface area contributed by atoms with Crippen molar-refractivity contribution < 1.29 is 14.3 Å². The van der Waals surface area contributed by atoms with Crippen molar-refractivity contribution in [2.24, 2.45) is 0 Å². The predicted molar refractivity (Wildman–Crippen MR) is 132 cm³/mol. The number of benzene rings is 2. The van der Waals surface area contributed by atoms with Crippen molar-refractivity contribution in [2.45, 2.75) is 32.3 Å². The summed E-state index contributed by atoms with van der Waals surface area (Å²) in [5, 5.41) is 13.6. The minimum atomic E-state index is -0.0405. The van der Waals surface area contributed by atoms with Gasteiger partial charge in [0.05, 0.1) is 25.5 Å². The lowest BCUT2D eigenvalue weighted by molar-refractivity contribution is -0.118. The van der Waals surface area contributed by atoms with E-state index in [1.165, 1.54) is 33.8 Å². The first-order valence-corrected chi connectivity index (χ1v) is 11.8.